The van der Waals surface area contributed by atoms with Crippen LogP contribution in [0.1, 0.15) is 11.3 Å². The zero-order valence-electron chi connectivity index (χ0n) is 7.02. The first-order valence-electron chi connectivity index (χ1n) is 3.79. The van der Waals surface area contributed by atoms with Crippen LogP contribution in [0.25, 0.3) is 5.65 Å². The molecule has 2 heterocycles. The summed E-state index contributed by atoms with van der Waals surface area (Å²) in [6.07, 6.45) is 3.70. The number of pyridine rings is 1. The summed E-state index contributed by atoms with van der Waals surface area (Å²) in [7, 11) is 0. The second-order valence-corrected chi connectivity index (χ2v) is 3.35. The van der Waals surface area contributed by atoms with Crippen molar-refractivity contribution >= 4 is 18.3 Å². The monoisotopic (exact) mass is 189 g/mol. The molecule has 0 spiro atoms. The number of thiol groups is 1. The summed E-state index contributed by atoms with van der Waals surface area (Å²) in [5.41, 5.74) is 2.15. The van der Waals surface area contributed by atoms with Gasteiger partial charge in [-0.2, -0.15) is 5.26 Å². The van der Waals surface area contributed by atoms with E-state index >= 15 is 0 Å². The van der Waals surface area contributed by atoms with Gasteiger partial charge in [-0.05, 0) is 13.0 Å². The van der Waals surface area contributed by atoms with Gasteiger partial charge in [0.05, 0.1) is 11.3 Å². The summed E-state index contributed by atoms with van der Waals surface area (Å²) in [5.74, 6) is 0. The van der Waals surface area contributed by atoms with Crippen molar-refractivity contribution in [1.29, 1.82) is 5.26 Å². The lowest BCUT2D eigenvalue weighted by Gasteiger charge is -1.96. The molecule has 2 aromatic heterocycles. The van der Waals surface area contributed by atoms with Gasteiger partial charge in [0.2, 0.25) is 0 Å². The molecule has 0 N–H and O–H groups in total. The van der Waals surface area contributed by atoms with Crippen molar-refractivity contribution in [2.45, 2.75) is 11.8 Å². The van der Waals surface area contributed by atoms with Crippen LogP contribution in [0, 0.1) is 18.3 Å². The van der Waals surface area contributed by atoms with Gasteiger partial charge in [0.15, 0.2) is 5.65 Å². The molecule has 0 amide bonds. The molecule has 0 aliphatic heterocycles. The third kappa shape index (κ3) is 1.27. The summed E-state index contributed by atoms with van der Waals surface area (Å²) in [6.45, 7) is 1.90. The molecule has 0 saturated heterocycles. The number of aromatic nitrogens is 2. The highest BCUT2D eigenvalue weighted by molar-refractivity contribution is 7.80. The maximum atomic E-state index is 8.83. The predicted molar refractivity (Wildman–Crippen MR) is 51.9 cm³/mol. The zero-order chi connectivity index (χ0) is 9.42. The summed E-state index contributed by atoms with van der Waals surface area (Å²) < 4.78 is 1.82. The minimum atomic E-state index is 0.556. The highest BCUT2D eigenvalue weighted by atomic mass is 32.1. The molecular formula is C9H7N3S. The Morgan fingerprint density at radius 1 is 1.54 bits per heavy atom. The number of nitrogens with zero attached hydrogens (tertiary/aromatic N) is 3. The molecule has 0 atom stereocenters. The quantitative estimate of drug-likeness (QED) is 0.642. The molecule has 0 aromatic carbocycles. The zero-order valence-corrected chi connectivity index (χ0v) is 7.92. The van der Waals surface area contributed by atoms with E-state index in [1.54, 1.807) is 6.07 Å². The van der Waals surface area contributed by atoms with Crippen LogP contribution in [-0.2, 0) is 0 Å². The Hall–Kier alpha value is -1.47. The van der Waals surface area contributed by atoms with Crippen molar-refractivity contribution in [2.75, 3.05) is 0 Å². The number of nitriles is 1. The van der Waals surface area contributed by atoms with Crippen LogP contribution in [-0.4, -0.2) is 9.38 Å². The largest absolute Gasteiger partial charge is 0.305 e. The average Bonchev–Trinajstić information content (AvgIpc) is 2.43. The maximum absolute atomic E-state index is 8.83. The molecule has 0 saturated carbocycles. The second-order valence-electron chi connectivity index (χ2n) is 2.84. The molecule has 0 unspecified atom stereocenters. The highest BCUT2D eigenvalue weighted by Crippen LogP contribution is 2.15. The summed E-state index contributed by atoms with van der Waals surface area (Å²) in [6, 6.07) is 3.81. The fourth-order valence-corrected chi connectivity index (χ4v) is 1.54. The molecule has 2 aromatic rings. The predicted octanol–water partition coefficient (Wildman–Crippen LogP) is 1.80. The molecule has 0 fully saturated rings. The van der Waals surface area contributed by atoms with E-state index in [9.17, 15) is 0 Å². The number of fused-ring (bicyclic) bond motifs is 1. The van der Waals surface area contributed by atoms with E-state index in [1.807, 2.05) is 23.7 Å². The Morgan fingerprint density at radius 3 is 3.00 bits per heavy atom. The lowest BCUT2D eigenvalue weighted by molar-refractivity contribution is 1.12. The van der Waals surface area contributed by atoms with Gasteiger partial charge in [-0.25, -0.2) is 4.98 Å². The first-order valence-corrected chi connectivity index (χ1v) is 4.24. The SMILES string of the molecule is Cc1cn2cc(S)cc(C#N)c2n1. The lowest BCUT2D eigenvalue weighted by atomic mass is 10.3. The fraction of sp³-hybridized carbons (Fsp3) is 0.111. The van der Waals surface area contributed by atoms with Crippen LogP contribution in [0.4, 0.5) is 0 Å². The van der Waals surface area contributed by atoms with Crippen LogP contribution in [0.15, 0.2) is 23.4 Å². The number of rotatable bonds is 0. The molecule has 13 heavy (non-hydrogen) atoms. The van der Waals surface area contributed by atoms with Gasteiger partial charge in [0, 0.05) is 17.3 Å². The minimum Gasteiger partial charge on any atom is -0.305 e. The van der Waals surface area contributed by atoms with Gasteiger partial charge in [-0.3, -0.25) is 0 Å². The highest BCUT2D eigenvalue weighted by Gasteiger charge is 2.04. The number of hydrogen-bond donors (Lipinski definition) is 1. The molecule has 0 radical (unpaired) electrons. The second kappa shape index (κ2) is 2.79. The average molecular weight is 189 g/mol. The Bertz CT molecular complexity index is 507. The summed E-state index contributed by atoms with van der Waals surface area (Å²) in [4.78, 5) is 5.00. The van der Waals surface area contributed by atoms with Gasteiger partial charge in [0.25, 0.3) is 0 Å². The fourth-order valence-electron chi connectivity index (χ4n) is 1.29. The third-order valence-electron chi connectivity index (χ3n) is 1.78. The van der Waals surface area contributed by atoms with Crippen molar-refractivity contribution in [3.8, 4) is 6.07 Å². The number of hydrogen-bond acceptors (Lipinski definition) is 3. The molecule has 2 rings (SSSR count). The normalized spacial score (nSPS) is 10.2. The molecule has 64 valence electrons. The molecule has 0 aliphatic rings. The lowest BCUT2D eigenvalue weighted by Crippen LogP contribution is -1.87. The van der Waals surface area contributed by atoms with Crippen molar-refractivity contribution < 1.29 is 0 Å². The van der Waals surface area contributed by atoms with Crippen LogP contribution < -0.4 is 0 Å². The number of aryl methyl sites for hydroxylation is 1. The molecule has 3 nitrogen and oxygen atoms in total. The van der Waals surface area contributed by atoms with E-state index < -0.39 is 0 Å². The van der Waals surface area contributed by atoms with Crippen LogP contribution in [0.3, 0.4) is 0 Å². The smallest absolute Gasteiger partial charge is 0.155 e. The summed E-state index contributed by atoms with van der Waals surface area (Å²) >= 11 is 4.19. The molecule has 0 bridgehead atoms. The number of imidazole rings is 1. The minimum absolute atomic E-state index is 0.556. The van der Waals surface area contributed by atoms with Gasteiger partial charge in [-0.1, -0.05) is 0 Å². The third-order valence-corrected chi connectivity index (χ3v) is 2.02. The van der Waals surface area contributed by atoms with E-state index in [2.05, 4.69) is 23.7 Å². The Labute approximate surface area is 81.0 Å². The first kappa shape index (κ1) is 8.14. The summed E-state index contributed by atoms with van der Waals surface area (Å²) in [5, 5.41) is 8.83. The van der Waals surface area contributed by atoms with E-state index in [-0.39, 0.29) is 0 Å². The van der Waals surface area contributed by atoms with Gasteiger partial charge in [-0.15, -0.1) is 12.6 Å². The molecule has 4 heteroatoms. The van der Waals surface area contributed by atoms with Crippen LogP contribution in [0.5, 0.6) is 0 Å². The Balaban J connectivity index is 2.90. The molecule has 0 aliphatic carbocycles. The van der Waals surface area contributed by atoms with Gasteiger partial charge in [0.1, 0.15) is 6.07 Å². The van der Waals surface area contributed by atoms with Crippen molar-refractivity contribution in [3.63, 3.8) is 0 Å². The maximum Gasteiger partial charge on any atom is 0.155 e. The Kier molecular flexibility index (Phi) is 1.74. The van der Waals surface area contributed by atoms with E-state index in [0.29, 0.717) is 11.2 Å². The first-order chi connectivity index (χ1) is 6.20. The van der Waals surface area contributed by atoms with Crippen molar-refractivity contribution in [1.82, 2.24) is 9.38 Å². The van der Waals surface area contributed by atoms with Gasteiger partial charge < -0.3 is 4.40 Å². The van der Waals surface area contributed by atoms with Crippen LogP contribution in [0.2, 0.25) is 0 Å². The van der Waals surface area contributed by atoms with Crippen LogP contribution >= 0.6 is 12.6 Å². The Morgan fingerprint density at radius 2 is 2.31 bits per heavy atom. The van der Waals surface area contributed by atoms with E-state index in [4.69, 9.17) is 5.26 Å². The molecular weight excluding hydrogens is 182 g/mol. The van der Waals surface area contributed by atoms with Gasteiger partial charge >= 0.3 is 0 Å². The van der Waals surface area contributed by atoms with Crippen molar-refractivity contribution in [2.24, 2.45) is 0 Å². The topological polar surface area (TPSA) is 41.1 Å². The van der Waals surface area contributed by atoms with E-state index in [1.165, 1.54) is 0 Å². The standard InChI is InChI=1S/C9H7N3S/c1-6-4-12-5-8(13)2-7(3-10)9(12)11-6/h2,4-5,13H,1H3. The van der Waals surface area contributed by atoms with Crippen molar-refractivity contribution in [3.05, 3.63) is 29.7 Å². The van der Waals surface area contributed by atoms with E-state index in [0.717, 1.165) is 10.6 Å².